The number of hydrogen-bond acceptors (Lipinski definition) is 5. The molecule has 0 bridgehead atoms. The van der Waals surface area contributed by atoms with E-state index in [2.05, 4.69) is 5.32 Å². The van der Waals surface area contributed by atoms with Gasteiger partial charge in [-0.05, 0) is 18.1 Å². The molecule has 8 nitrogen and oxygen atoms in total. The summed E-state index contributed by atoms with van der Waals surface area (Å²) in [5.74, 6) is 0. The highest BCUT2D eigenvalue weighted by Gasteiger charge is 2.13. The normalized spacial score (nSPS) is 13.1. The molecule has 1 aliphatic rings. The highest BCUT2D eigenvalue weighted by molar-refractivity contribution is 7.79. The third-order valence-corrected chi connectivity index (χ3v) is 2.01. The Balaban J connectivity index is 0.000000249. The lowest BCUT2D eigenvalue weighted by Gasteiger charge is -1.97. The number of nitro benzene ring substituents is 1. The first-order valence-corrected chi connectivity index (χ1v) is 5.88. The van der Waals surface area contributed by atoms with E-state index in [0.717, 1.165) is 24.2 Å². The number of nitrogens with zero attached hydrogens (tertiary/aromatic N) is 1. The van der Waals surface area contributed by atoms with Crippen LogP contribution in [0.1, 0.15) is 5.56 Å². The summed E-state index contributed by atoms with van der Waals surface area (Å²) in [5.41, 5.74) is 2.25. The van der Waals surface area contributed by atoms with Crippen molar-refractivity contribution in [2.75, 3.05) is 11.9 Å². The fourth-order valence-electron chi connectivity index (χ4n) is 1.40. The van der Waals surface area contributed by atoms with Crippen LogP contribution in [0.3, 0.4) is 0 Å². The van der Waals surface area contributed by atoms with Gasteiger partial charge in [0.15, 0.2) is 0 Å². The van der Waals surface area contributed by atoms with E-state index in [9.17, 15) is 10.1 Å². The Bertz CT molecular complexity index is 519. The first kappa shape index (κ1) is 13.4. The van der Waals surface area contributed by atoms with Crippen molar-refractivity contribution in [2.45, 2.75) is 6.42 Å². The number of fused-ring (bicyclic) bond motifs is 1. The minimum absolute atomic E-state index is 0.178. The molecule has 94 valence electrons. The van der Waals surface area contributed by atoms with Gasteiger partial charge in [0.2, 0.25) is 0 Å². The zero-order valence-electron chi connectivity index (χ0n) is 8.53. The molecule has 1 aromatic rings. The van der Waals surface area contributed by atoms with E-state index in [4.69, 9.17) is 17.5 Å². The van der Waals surface area contributed by atoms with Crippen LogP contribution < -0.4 is 5.32 Å². The third-order valence-electron chi connectivity index (χ3n) is 2.01. The zero-order valence-corrected chi connectivity index (χ0v) is 9.35. The lowest BCUT2D eigenvalue weighted by Crippen LogP contribution is -1.90. The molecule has 0 aromatic heterocycles. The quantitative estimate of drug-likeness (QED) is 0.389. The van der Waals surface area contributed by atoms with Gasteiger partial charge in [-0.25, -0.2) is 0 Å². The number of rotatable bonds is 1. The summed E-state index contributed by atoms with van der Waals surface area (Å²) in [5, 5.41) is 13.5. The molecule has 17 heavy (non-hydrogen) atoms. The van der Waals surface area contributed by atoms with Gasteiger partial charge in [0.25, 0.3) is 5.69 Å². The summed E-state index contributed by atoms with van der Waals surface area (Å²) < 4.78 is 31.6. The van der Waals surface area contributed by atoms with E-state index in [1.165, 1.54) is 6.07 Å². The summed E-state index contributed by atoms with van der Waals surface area (Å²) in [6.45, 7) is 0.885. The predicted molar refractivity (Wildman–Crippen MR) is 59.5 cm³/mol. The first-order chi connectivity index (χ1) is 7.77. The first-order valence-electron chi connectivity index (χ1n) is 4.48. The maximum atomic E-state index is 10.4. The molecule has 0 saturated carbocycles. The minimum Gasteiger partial charge on any atom is -0.384 e. The zero-order chi connectivity index (χ0) is 13.1. The molecule has 2 rings (SSSR count). The summed E-state index contributed by atoms with van der Waals surface area (Å²) in [7, 11) is -4.67. The Morgan fingerprint density at radius 1 is 1.35 bits per heavy atom. The molecule has 1 heterocycles. The fourth-order valence-corrected chi connectivity index (χ4v) is 1.40. The van der Waals surface area contributed by atoms with Gasteiger partial charge >= 0.3 is 10.4 Å². The van der Waals surface area contributed by atoms with Crippen molar-refractivity contribution in [3.05, 3.63) is 33.9 Å². The monoisotopic (exact) mass is 262 g/mol. The second-order valence-corrected chi connectivity index (χ2v) is 4.12. The van der Waals surface area contributed by atoms with Crippen LogP contribution in [0.15, 0.2) is 18.2 Å². The van der Waals surface area contributed by atoms with Crippen LogP contribution in [0.5, 0.6) is 0 Å². The van der Waals surface area contributed by atoms with Gasteiger partial charge in [-0.15, -0.1) is 0 Å². The van der Waals surface area contributed by atoms with Gasteiger partial charge in [0.1, 0.15) is 0 Å². The van der Waals surface area contributed by atoms with E-state index < -0.39 is 10.4 Å². The maximum absolute atomic E-state index is 10.4. The average Bonchev–Trinajstić information content (AvgIpc) is 2.60. The average molecular weight is 262 g/mol. The van der Waals surface area contributed by atoms with Crippen LogP contribution >= 0.6 is 0 Å². The largest absolute Gasteiger partial charge is 0.394 e. The fraction of sp³-hybridized carbons (Fsp3) is 0.250. The van der Waals surface area contributed by atoms with E-state index in [0.29, 0.717) is 0 Å². The molecule has 0 aliphatic carbocycles. The highest BCUT2D eigenvalue weighted by Crippen LogP contribution is 2.25. The van der Waals surface area contributed by atoms with E-state index >= 15 is 0 Å². The van der Waals surface area contributed by atoms with Crippen molar-refractivity contribution >= 4 is 21.8 Å². The van der Waals surface area contributed by atoms with Crippen LogP contribution in [-0.2, 0) is 16.8 Å². The lowest BCUT2D eigenvalue weighted by atomic mass is 10.1. The standard InChI is InChI=1S/C8H8N2O2.H2O4S/c11-10(12)7-1-2-8-6(5-7)3-4-9-8;1-5(2,3)4/h1-2,5,9H,3-4H2;(H2,1,2,3,4). The summed E-state index contributed by atoms with van der Waals surface area (Å²) in [6, 6.07) is 4.92. The molecule has 3 N–H and O–H groups in total. The van der Waals surface area contributed by atoms with Crippen molar-refractivity contribution in [1.82, 2.24) is 0 Å². The van der Waals surface area contributed by atoms with Crippen molar-refractivity contribution < 1.29 is 22.4 Å². The van der Waals surface area contributed by atoms with E-state index in [1.54, 1.807) is 12.1 Å². The van der Waals surface area contributed by atoms with Crippen molar-refractivity contribution in [2.24, 2.45) is 0 Å². The van der Waals surface area contributed by atoms with Crippen molar-refractivity contribution in [1.29, 1.82) is 0 Å². The Hall–Kier alpha value is -1.71. The molecule has 0 radical (unpaired) electrons. The molecule has 9 heteroatoms. The summed E-state index contributed by atoms with van der Waals surface area (Å²) in [4.78, 5) is 10.0. The molecule has 0 amide bonds. The van der Waals surface area contributed by atoms with E-state index in [-0.39, 0.29) is 10.6 Å². The smallest absolute Gasteiger partial charge is 0.384 e. The minimum atomic E-state index is -4.67. The third kappa shape index (κ3) is 4.76. The van der Waals surface area contributed by atoms with Gasteiger partial charge in [-0.2, -0.15) is 8.42 Å². The number of non-ortho nitro benzene ring substituents is 1. The van der Waals surface area contributed by atoms with Gasteiger partial charge in [0.05, 0.1) is 4.92 Å². The number of anilines is 1. The van der Waals surface area contributed by atoms with Gasteiger partial charge < -0.3 is 5.32 Å². The van der Waals surface area contributed by atoms with Crippen LogP contribution in [0.4, 0.5) is 11.4 Å². The Labute approximate surface area is 97.0 Å². The van der Waals surface area contributed by atoms with Gasteiger partial charge in [-0.1, -0.05) is 0 Å². The van der Waals surface area contributed by atoms with Gasteiger partial charge in [-0.3, -0.25) is 19.2 Å². The molecule has 0 atom stereocenters. The van der Waals surface area contributed by atoms with E-state index in [1.807, 2.05) is 0 Å². The maximum Gasteiger partial charge on any atom is 0.394 e. The number of hydrogen-bond donors (Lipinski definition) is 3. The predicted octanol–water partition coefficient (Wildman–Crippen LogP) is 0.910. The molecule has 0 spiro atoms. The number of nitrogens with one attached hydrogen (secondary N) is 1. The summed E-state index contributed by atoms with van der Waals surface area (Å²) in [6.07, 6.45) is 0.886. The Morgan fingerprint density at radius 2 is 1.94 bits per heavy atom. The molecule has 1 aromatic carbocycles. The highest BCUT2D eigenvalue weighted by atomic mass is 32.3. The second-order valence-electron chi connectivity index (χ2n) is 3.22. The second kappa shape index (κ2) is 5.08. The SMILES string of the molecule is O=S(=O)(O)O.O=[N+]([O-])c1ccc2c(c1)CCN2. The van der Waals surface area contributed by atoms with Crippen LogP contribution in [-0.4, -0.2) is 29.0 Å². The van der Waals surface area contributed by atoms with Crippen LogP contribution in [0.25, 0.3) is 0 Å². The molecule has 1 aliphatic heterocycles. The Kier molecular flexibility index (Phi) is 3.99. The molecular formula is C8H10N2O6S. The van der Waals surface area contributed by atoms with Crippen molar-refractivity contribution in [3.63, 3.8) is 0 Å². The lowest BCUT2D eigenvalue weighted by molar-refractivity contribution is -0.384. The van der Waals surface area contributed by atoms with Crippen molar-refractivity contribution in [3.8, 4) is 0 Å². The topological polar surface area (TPSA) is 130 Å². The molecule has 0 saturated heterocycles. The molecular weight excluding hydrogens is 252 g/mol. The Morgan fingerprint density at radius 3 is 2.47 bits per heavy atom. The number of benzene rings is 1. The van der Waals surface area contributed by atoms with Crippen LogP contribution in [0, 0.1) is 10.1 Å². The van der Waals surface area contributed by atoms with Crippen LogP contribution in [0.2, 0.25) is 0 Å². The summed E-state index contributed by atoms with van der Waals surface area (Å²) >= 11 is 0. The number of nitro groups is 1. The molecule has 0 fully saturated rings. The molecule has 0 unspecified atom stereocenters. The van der Waals surface area contributed by atoms with Gasteiger partial charge in [0, 0.05) is 24.4 Å².